The van der Waals surface area contributed by atoms with Gasteiger partial charge in [0.25, 0.3) is 5.91 Å². The van der Waals surface area contributed by atoms with Gasteiger partial charge < -0.3 is 11.1 Å². The van der Waals surface area contributed by atoms with Crippen LogP contribution in [-0.2, 0) is 0 Å². The average Bonchev–Trinajstić information content (AvgIpc) is 2.37. The van der Waals surface area contributed by atoms with Gasteiger partial charge >= 0.3 is 0 Å². The highest BCUT2D eigenvalue weighted by Crippen LogP contribution is 2.25. The van der Waals surface area contributed by atoms with E-state index in [0.29, 0.717) is 15.2 Å². The molecule has 0 spiro atoms. The Morgan fingerprint density at radius 3 is 2.70 bits per heavy atom. The maximum atomic E-state index is 13.3. The number of halogens is 3. The molecule has 3 nitrogen and oxygen atoms in total. The van der Waals surface area contributed by atoms with E-state index >= 15 is 0 Å². The quantitative estimate of drug-likeness (QED) is 0.783. The fourth-order valence-corrected chi connectivity index (χ4v) is 2.42. The first kappa shape index (κ1) is 14.8. The number of rotatable bonds is 2. The van der Waals surface area contributed by atoms with Crippen LogP contribution in [0.1, 0.15) is 15.9 Å². The van der Waals surface area contributed by atoms with E-state index in [2.05, 4.69) is 21.2 Å². The lowest BCUT2D eigenvalue weighted by atomic mass is 10.1. The Morgan fingerprint density at radius 1 is 1.35 bits per heavy atom. The molecule has 0 aliphatic rings. The van der Waals surface area contributed by atoms with Crippen LogP contribution in [0.15, 0.2) is 34.8 Å². The zero-order chi connectivity index (χ0) is 14.9. The van der Waals surface area contributed by atoms with Crippen molar-refractivity contribution in [2.24, 2.45) is 0 Å². The topological polar surface area (TPSA) is 55.1 Å². The number of aryl methyl sites for hydroxylation is 1. The minimum absolute atomic E-state index is 0.0776. The van der Waals surface area contributed by atoms with E-state index in [4.69, 9.17) is 17.3 Å². The Balaban J connectivity index is 2.31. The molecule has 0 saturated carbocycles. The van der Waals surface area contributed by atoms with Crippen LogP contribution < -0.4 is 11.1 Å². The Morgan fingerprint density at radius 2 is 2.05 bits per heavy atom. The van der Waals surface area contributed by atoms with Crippen LogP contribution in [-0.4, -0.2) is 5.91 Å². The first-order valence-electron chi connectivity index (χ1n) is 5.70. The van der Waals surface area contributed by atoms with E-state index in [0.717, 1.165) is 5.56 Å². The summed E-state index contributed by atoms with van der Waals surface area (Å²) in [7, 11) is 0. The van der Waals surface area contributed by atoms with Gasteiger partial charge in [-0.05, 0) is 58.7 Å². The predicted molar refractivity (Wildman–Crippen MR) is 82.7 cm³/mol. The van der Waals surface area contributed by atoms with Gasteiger partial charge in [-0.3, -0.25) is 4.79 Å². The van der Waals surface area contributed by atoms with Crippen molar-refractivity contribution in [3.63, 3.8) is 0 Å². The van der Waals surface area contributed by atoms with E-state index in [9.17, 15) is 9.18 Å². The summed E-state index contributed by atoms with van der Waals surface area (Å²) in [4.78, 5) is 12.2. The van der Waals surface area contributed by atoms with Crippen LogP contribution in [0.2, 0.25) is 5.02 Å². The third kappa shape index (κ3) is 3.11. The monoisotopic (exact) mass is 356 g/mol. The maximum Gasteiger partial charge on any atom is 0.256 e. The average molecular weight is 358 g/mol. The maximum absolute atomic E-state index is 13.3. The van der Waals surface area contributed by atoms with Gasteiger partial charge in [0, 0.05) is 15.2 Å². The van der Waals surface area contributed by atoms with Crippen molar-refractivity contribution in [2.75, 3.05) is 11.1 Å². The number of carbonyl (C=O) groups is 1. The van der Waals surface area contributed by atoms with Crippen molar-refractivity contribution in [3.8, 4) is 0 Å². The normalized spacial score (nSPS) is 10.4. The van der Waals surface area contributed by atoms with Crippen molar-refractivity contribution in [1.82, 2.24) is 0 Å². The lowest BCUT2D eigenvalue weighted by Gasteiger charge is -2.10. The molecule has 0 saturated heterocycles. The van der Waals surface area contributed by atoms with Crippen LogP contribution in [0.25, 0.3) is 0 Å². The molecular formula is C14H11BrClFN2O. The van der Waals surface area contributed by atoms with Crippen molar-refractivity contribution >= 4 is 44.8 Å². The van der Waals surface area contributed by atoms with Crippen LogP contribution in [0.5, 0.6) is 0 Å². The van der Waals surface area contributed by atoms with Crippen molar-refractivity contribution in [1.29, 1.82) is 0 Å². The third-order valence-electron chi connectivity index (χ3n) is 2.77. The Kier molecular flexibility index (Phi) is 4.30. The Hall–Kier alpha value is -1.59. The number of hydrogen-bond acceptors (Lipinski definition) is 2. The molecule has 2 rings (SSSR count). The van der Waals surface area contributed by atoms with E-state index in [1.54, 1.807) is 18.2 Å². The van der Waals surface area contributed by atoms with Crippen molar-refractivity contribution < 1.29 is 9.18 Å². The molecular weight excluding hydrogens is 347 g/mol. The van der Waals surface area contributed by atoms with E-state index in [1.165, 1.54) is 12.1 Å². The highest BCUT2D eigenvalue weighted by Gasteiger charge is 2.14. The van der Waals surface area contributed by atoms with Crippen molar-refractivity contribution in [2.45, 2.75) is 6.92 Å². The summed E-state index contributed by atoms with van der Waals surface area (Å²) in [6.07, 6.45) is 0. The molecule has 0 atom stereocenters. The summed E-state index contributed by atoms with van der Waals surface area (Å²) < 4.78 is 13.6. The summed E-state index contributed by atoms with van der Waals surface area (Å²) in [6.45, 7) is 1.83. The molecule has 2 aromatic rings. The summed E-state index contributed by atoms with van der Waals surface area (Å²) >= 11 is 9.00. The van der Waals surface area contributed by atoms with Crippen LogP contribution in [0.3, 0.4) is 0 Å². The lowest BCUT2D eigenvalue weighted by Crippen LogP contribution is -2.14. The van der Waals surface area contributed by atoms with Gasteiger partial charge in [0.2, 0.25) is 0 Å². The van der Waals surface area contributed by atoms with E-state index in [-0.39, 0.29) is 17.2 Å². The molecule has 6 heteroatoms. The highest BCUT2D eigenvalue weighted by molar-refractivity contribution is 9.10. The number of nitrogens with one attached hydrogen (secondary N) is 1. The van der Waals surface area contributed by atoms with Gasteiger partial charge in [0.15, 0.2) is 0 Å². The standard InChI is InChI=1S/C14H11BrClFN2O/c1-7-4-8(16)2-3-13(7)19-14(20)9-5-12(18)11(17)6-10(9)15/h2-6H,18H2,1H3,(H,19,20). The molecule has 2 aromatic carbocycles. The summed E-state index contributed by atoms with van der Waals surface area (Å²) in [6, 6.07) is 7.58. The van der Waals surface area contributed by atoms with E-state index in [1.807, 2.05) is 6.92 Å². The predicted octanol–water partition coefficient (Wildman–Crippen LogP) is 4.38. The second-order valence-corrected chi connectivity index (χ2v) is 5.56. The second-order valence-electron chi connectivity index (χ2n) is 4.27. The Labute approximate surface area is 129 Å². The van der Waals surface area contributed by atoms with Crippen LogP contribution in [0.4, 0.5) is 15.8 Å². The molecule has 0 aliphatic heterocycles. The minimum atomic E-state index is -0.573. The number of carbonyl (C=O) groups excluding carboxylic acids is 1. The molecule has 0 fully saturated rings. The van der Waals surface area contributed by atoms with Gasteiger partial charge in [0.05, 0.1) is 11.3 Å². The molecule has 0 aromatic heterocycles. The molecule has 3 N–H and O–H groups in total. The van der Waals surface area contributed by atoms with Gasteiger partial charge in [0.1, 0.15) is 5.82 Å². The number of benzene rings is 2. The minimum Gasteiger partial charge on any atom is -0.396 e. The number of nitrogens with two attached hydrogens (primary N) is 1. The number of nitrogen functional groups attached to an aromatic ring is 1. The summed E-state index contributed by atoms with van der Waals surface area (Å²) in [5, 5.41) is 3.33. The number of anilines is 2. The first-order valence-corrected chi connectivity index (χ1v) is 6.87. The third-order valence-corrected chi connectivity index (χ3v) is 3.66. The highest BCUT2D eigenvalue weighted by atomic mass is 79.9. The van der Waals surface area contributed by atoms with Gasteiger partial charge in [-0.2, -0.15) is 0 Å². The molecule has 0 unspecified atom stereocenters. The molecule has 0 heterocycles. The van der Waals surface area contributed by atoms with Crippen molar-refractivity contribution in [3.05, 3.63) is 56.8 Å². The molecule has 0 radical (unpaired) electrons. The molecule has 1 amide bonds. The van der Waals surface area contributed by atoms with Gasteiger partial charge in [-0.25, -0.2) is 4.39 Å². The molecule has 0 bridgehead atoms. The van der Waals surface area contributed by atoms with Crippen LogP contribution >= 0.6 is 27.5 Å². The largest absolute Gasteiger partial charge is 0.396 e. The SMILES string of the molecule is Cc1cc(Cl)ccc1NC(=O)c1cc(N)c(F)cc1Br. The molecule has 0 aliphatic carbocycles. The summed E-state index contributed by atoms with van der Waals surface area (Å²) in [5.74, 6) is -0.954. The van der Waals surface area contributed by atoms with Crippen LogP contribution in [0, 0.1) is 12.7 Å². The fraction of sp³-hybridized carbons (Fsp3) is 0.0714. The van der Waals surface area contributed by atoms with Gasteiger partial charge in [-0.15, -0.1) is 0 Å². The summed E-state index contributed by atoms with van der Waals surface area (Å²) in [5.41, 5.74) is 7.13. The molecule has 20 heavy (non-hydrogen) atoms. The first-order chi connectivity index (χ1) is 9.38. The Bertz CT molecular complexity index is 691. The smallest absolute Gasteiger partial charge is 0.256 e. The number of hydrogen-bond donors (Lipinski definition) is 2. The number of amides is 1. The zero-order valence-electron chi connectivity index (χ0n) is 10.5. The lowest BCUT2D eigenvalue weighted by molar-refractivity contribution is 0.102. The molecule has 104 valence electrons. The van der Waals surface area contributed by atoms with E-state index < -0.39 is 5.82 Å². The second kappa shape index (κ2) is 5.81. The van der Waals surface area contributed by atoms with Gasteiger partial charge in [-0.1, -0.05) is 11.6 Å². The fourth-order valence-electron chi connectivity index (χ4n) is 1.70. The zero-order valence-corrected chi connectivity index (χ0v) is 12.8.